The Kier molecular flexibility index (Phi) is 6.73. The van der Waals surface area contributed by atoms with Gasteiger partial charge in [0.05, 0.1) is 5.75 Å². The quantitative estimate of drug-likeness (QED) is 0.194. The maximum atomic E-state index is 12.7. The fourth-order valence-electron chi connectivity index (χ4n) is 3.88. The number of Topliss-reactive ketones (excluding diaryl/α,β-unsaturated/α-hetero) is 1. The Morgan fingerprint density at radius 3 is 1.97 bits per heavy atom. The van der Waals surface area contributed by atoms with Crippen LogP contribution in [0.1, 0.15) is 20.7 Å². The highest BCUT2D eigenvalue weighted by Gasteiger charge is 2.09. The van der Waals surface area contributed by atoms with E-state index < -0.39 is 0 Å². The van der Waals surface area contributed by atoms with Gasteiger partial charge in [-0.25, -0.2) is 0 Å². The normalized spacial score (nSPS) is 10.7. The van der Waals surface area contributed by atoms with Crippen LogP contribution in [0.5, 0.6) is 0 Å². The molecule has 0 aliphatic heterocycles. The molecule has 0 heterocycles. The van der Waals surface area contributed by atoms with E-state index >= 15 is 0 Å². The first-order valence-corrected chi connectivity index (χ1v) is 12.4. The number of carbonyl (C=O) groups excluding carboxylic acids is 2. The van der Waals surface area contributed by atoms with Gasteiger partial charge in [0.25, 0.3) is 5.91 Å². The highest BCUT2D eigenvalue weighted by molar-refractivity contribution is 8.00. The van der Waals surface area contributed by atoms with Crippen LogP contribution in [0.25, 0.3) is 21.9 Å². The molecule has 1 amide bonds. The standard InChI is InChI=1S/C31H23NO2S/c33-30(25-13-10-24(11-14-25)22-6-2-1-3-7-22)21-35-29-18-16-28(17-19-29)32-31(34)27-15-12-23-8-4-5-9-26(23)20-27/h1-20H,21H2,(H,32,34). The predicted octanol–water partition coefficient (Wildman–Crippen LogP) is 7.73. The van der Waals surface area contributed by atoms with E-state index in [1.165, 1.54) is 11.8 Å². The molecule has 0 saturated heterocycles. The topological polar surface area (TPSA) is 46.2 Å². The van der Waals surface area contributed by atoms with Crippen LogP contribution in [0.3, 0.4) is 0 Å². The first-order chi connectivity index (χ1) is 17.2. The Bertz CT molecular complexity index is 1480. The van der Waals surface area contributed by atoms with Gasteiger partial charge in [0.1, 0.15) is 0 Å². The van der Waals surface area contributed by atoms with Crippen molar-refractivity contribution >= 4 is 39.9 Å². The molecule has 4 heteroatoms. The minimum atomic E-state index is -0.148. The summed E-state index contributed by atoms with van der Waals surface area (Å²) in [6.45, 7) is 0. The second-order valence-corrected chi connectivity index (χ2v) is 9.24. The molecule has 0 aliphatic carbocycles. The number of thioether (sulfide) groups is 1. The van der Waals surface area contributed by atoms with Crippen LogP contribution in [-0.4, -0.2) is 17.4 Å². The van der Waals surface area contributed by atoms with Crippen LogP contribution in [-0.2, 0) is 0 Å². The number of amides is 1. The van der Waals surface area contributed by atoms with Crippen LogP contribution in [0.15, 0.2) is 126 Å². The molecular formula is C31H23NO2S. The van der Waals surface area contributed by atoms with Crippen LogP contribution in [0, 0.1) is 0 Å². The lowest BCUT2D eigenvalue weighted by Gasteiger charge is -2.08. The van der Waals surface area contributed by atoms with E-state index in [0.29, 0.717) is 16.9 Å². The van der Waals surface area contributed by atoms with E-state index in [1.54, 1.807) is 0 Å². The van der Waals surface area contributed by atoms with Gasteiger partial charge in [0.15, 0.2) is 5.78 Å². The number of fused-ring (bicyclic) bond motifs is 1. The molecule has 0 aromatic heterocycles. The third-order valence-electron chi connectivity index (χ3n) is 5.81. The lowest BCUT2D eigenvalue weighted by Crippen LogP contribution is -2.11. The first-order valence-electron chi connectivity index (χ1n) is 11.4. The van der Waals surface area contributed by atoms with E-state index in [-0.39, 0.29) is 11.7 Å². The number of carbonyl (C=O) groups is 2. The molecule has 0 aliphatic rings. The second-order valence-electron chi connectivity index (χ2n) is 8.20. The average molecular weight is 474 g/mol. The largest absolute Gasteiger partial charge is 0.322 e. The lowest BCUT2D eigenvalue weighted by molar-refractivity contribution is 0.101. The number of hydrogen-bond donors (Lipinski definition) is 1. The molecule has 0 bridgehead atoms. The average Bonchev–Trinajstić information content (AvgIpc) is 2.93. The molecule has 0 unspecified atom stereocenters. The van der Waals surface area contributed by atoms with Gasteiger partial charge >= 0.3 is 0 Å². The minimum absolute atomic E-state index is 0.0864. The summed E-state index contributed by atoms with van der Waals surface area (Å²) in [6.07, 6.45) is 0. The zero-order chi connectivity index (χ0) is 24.0. The van der Waals surface area contributed by atoms with Crippen molar-refractivity contribution in [2.24, 2.45) is 0 Å². The summed E-state index contributed by atoms with van der Waals surface area (Å²) in [7, 11) is 0. The van der Waals surface area contributed by atoms with Crippen LogP contribution in [0.2, 0.25) is 0 Å². The third-order valence-corrected chi connectivity index (χ3v) is 6.82. The molecule has 0 spiro atoms. The summed E-state index contributed by atoms with van der Waals surface area (Å²) in [4.78, 5) is 26.3. The predicted molar refractivity (Wildman–Crippen MR) is 145 cm³/mol. The van der Waals surface area contributed by atoms with Gasteiger partial charge < -0.3 is 5.32 Å². The Morgan fingerprint density at radius 1 is 0.600 bits per heavy atom. The van der Waals surface area contributed by atoms with Crippen molar-refractivity contribution in [3.63, 3.8) is 0 Å². The monoisotopic (exact) mass is 473 g/mol. The van der Waals surface area contributed by atoms with E-state index in [1.807, 2.05) is 109 Å². The summed E-state index contributed by atoms with van der Waals surface area (Å²) < 4.78 is 0. The number of benzene rings is 5. The molecule has 5 aromatic carbocycles. The Labute approximate surface area is 208 Å². The third kappa shape index (κ3) is 5.51. The van der Waals surface area contributed by atoms with E-state index in [0.717, 1.165) is 32.5 Å². The molecule has 5 rings (SSSR count). The number of ketones is 1. The van der Waals surface area contributed by atoms with E-state index in [9.17, 15) is 9.59 Å². The van der Waals surface area contributed by atoms with Crippen LogP contribution >= 0.6 is 11.8 Å². The molecular weight excluding hydrogens is 450 g/mol. The second kappa shape index (κ2) is 10.4. The van der Waals surface area contributed by atoms with Crippen molar-refractivity contribution < 1.29 is 9.59 Å². The smallest absolute Gasteiger partial charge is 0.255 e. The van der Waals surface area contributed by atoms with Crippen molar-refractivity contribution in [3.8, 4) is 11.1 Å². The van der Waals surface area contributed by atoms with Crippen molar-refractivity contribution in [2.45, 2.75) is 4.90 Å². The molecule has 0 atom stereocenters. The van der Waals surface area contributed by atoms with Gasteiger partial charge in [-0.3, -0.25) is 9.59 Å². The van der Waals surface area contributed by atoms with Gasteiger partial charge in [-0.05, 0) is 58.3 Å². The summed E-state index contributed by atoms with van der Waals surface area (Å²) >= 11 is 1.49. The number of anilines is 1. The minimum Gasteiger partial charge on any atom is -0.322 e. The van der Waals surface area contributed by atoms with Crippen molar-refractivity contribution in [3.05, 3.63) is 132 Å². The summed E-state index contributed by atoms with van der Waals surface area (Å²) in [5.41, 5.74) is 4.27. The summed E-state index contributed by atoms with van der Waals surface area (Å²) in [5.74, 6) is 0.293. The zero-order valence-corrected chi connectivity index (χ0v) is 19.8. The summed E-state index contributed by atoms with van der Waals surface area (Å²) in [5, 5.41) is 5.08. The van der Waals surface area contributed by atoms with E-state index in [4.69, 9.17) is 0 Å². The fourth-order valence-corrected chi connectivity index (χ4v) is 4.67. The van der Waals surface area contributed by atoms with Gasteiger partial charge in [-0.1, -0.05) is 84.9 Å². The molecule has 5 aromatic rings. The fraction of sp³-hybridized carbons (Fsp3) is 0.0323. The van der Waals surface area contributed by atoms with Crippen LogP contribution < -0.4 is 5.32 Å². The summed E-state index contributed by atoms with van der Waals surface area (Å²) in [6, 6.07) is 39.1. The maximum Gasteiger partial charge on any atom is 0.255 e. The van der Waals surface area contributed by atoms with Gasteiger partial charge in [-0.2, -0.15) is 0 Å². The number of rotatable bonds is 7. The highest BCUT2D eigenvalue weighted by Crippen LogP contribution is 2.24. The lowest BCUT2D eigenvalue weighted by atomic mass is 10.0. The highest BCUT2D eigenvalue weighted by atomic mass is 32.2. The molecule has 1 N–H and O–H groups in total. The van der Waals surface area contributed by atoms with Crippen LogP contribution in [0.4, 0.5) is 5.69 Å². The van der Waals surface area contributed by atoms with Gasteiger partial charge in [0, 0.05) is 21.7 Å². The zero-order valence-electron chi connectivity index (χ0n) is 19.0. The molecule has 35 heavy (non-hydrogen) atoms. The number of hydrogen-bond acceptors (Lipinski definition) is 3. The Hall–Kier alpha value is -4.15. The Balaban J connectivity index is 1.17. The maximum absolute atomic E-state index is 12.7. The molecule has 3 nitrogen and oxygen atoms in total. The molecule has 170 valence electrons. The molecule has 0 saturated carbocycles. The Morgan fingerprint density at radius 2 is 1.23 bits per heavy atom. The van der Waals surface area contributed by atoms with Crippen molar-refractivity contribution in [1.82, 2.24) is 0 Å². The molecule has 0 fully saturated rings. The van der Waals surface area contributed by atoms with Gasteiger partial charge in [-0.15, -0.1) is 11.8 Å². The van der Waals surface area contributed by atoms with Crippen molar-refractivity contribution in [2.75, 3.05) is 11.1 Å². The van der Waals surface area contributed by atoms with Gasteiger partial charge in [0.2, 0.25) is 0 Å². The number of nitrogens with one attached hydrogen (secondary N) is 1. The van der Waals surface area contributed by atoms with Crippen molar-refractivity contribution in [1.29, 1.82) is 0 Å². The SMILES string of the molecule is O=C(CSc1ccc(NC(=O)c2ccc3ccccc3c2)cc1)c1ccc(-c2ccccc2)cc1. The molecule has 0 radical (unpaired) electrons. The first kappa shape index (κ1) is 22.6. The van der Waals surface area contributed by atoms with E-state index in [2.05, 4.69) is 17.4 Å².